The minimum Gasteiger partial charge on any atom is -0.491 e. The zero-order chi connectivity index (χ0) is 28.3. The summed E-state index contributed by atoms with van der Waals surface area (Å²) >= 11 is 0. The smallest absolute Gasteiger partial charge is 0.491 e. The number of ether oxygens (including phenoxy) is 10. The molecule has 14 heteroatoms. The van der Waals surface area contributed by atoms with E-state index in [9.17, 15) is 13.2 Å². The van der Waals surface area contributed by atoms with E-state index in [1.165, 1.54) is 24.3 Å². The molecule has 1 rings (SSSR count). The standard InChI is InChI=1S/C25H41F3O11/c26-25(27,28)39-24-3-1-23(2-4-24)38-22-21-37-20-19-36-18-17-35-16-15-34-14-13-33-12-11-32-10-9-31-8-7-30-6-5-29/h1-4,29H,5-22H2. The monoisotopic (exact) mass is 574 g/mol. The van der Waals surface area contributed by atoms with Crippen LogP contribution in [0.5, 0.6) is 11.5 Å². The zero-order valence-electron chi connectivity index (χ0n) is 22.2. The number of alkyl halides is 3. The lowest BCUT2D eigenvalue weighted by Gasteiger charge is -2.10. The van der Waals surface area contributed by atoms with Crippen molar-refractivity contribution in [3.63, 3.8) is 0 Å². The van der Waals surface area contributed by atoms with E-state index in [-0.39, 0.29) is 19.0 Å². The van der Waals surface area contributed by atoms with Gasteiger partial charge in [0.1, 0.15) is 18.1 Å². The first-order chi connectivity index (χ1) is 19.0. The fraction of sp³-hybridized carbons (Fsp3) is 0.760. The summed E-state index contributed by atoms with van der Waals surface area (Å²) in [5.41, 5.74) is 0. The molecule has 0 fully saturated rings. The molecule has 0 aliphatic rings. The van der Waals surface area contributed by atoms with Crippen molar-refractivity contribution in [1.29, 1.82) is 0 Å². The summed E-state index contributed by atoms with van der Waals surface area (Å²) in [6.07, 6.45) is -4.72. The first-order valence-electron chi connectivity index (χ1n) is 12.7. The first kappa shape index (κ1) is 35.3. The Kier molecular flexibility index (Phi) is 22.8. The summed E-state index contributed by atoms with van der Waals surface area (Å²) in [7, 11) is 0. The van der Waals surface area contributed by atoms with Crippen LogP contribution < -0.4 is 9.47 Å². The molecular weight excluding hydrogens is 533 g/mol. The molecule has 0 heterocycles. The normalized spacial score (nSPS) is 11.7. The van der Waals surface area contributed by atoms with Crippen LogP contribution in [0, 0.1) is 0 Å². The third-order valence-electron chi connectivity index (χ3n) is 4.39. The van der Waals surface area contributed by atoms with E-state index < -0.39 is 6.36 Å². The predicted octanol–water partition coefficient (Wildman–Crippen LogP) is 2.09. The Labute approximate surface area is 227 Å². The van der Waals surface area contributed by atoms with Crippen molar-refractivity contribution < 1.29 is 65.6 Å². The van der Waals surface area contributed by atoms with E-state index in [1.54, 1.807) is 0 Å². The summed E-state index contributed by atoms with van der Waals surface area (Å²) in [6.45, 7) is 7.24. The van der Waals surface area contributed by atoms with E-state index in [0.29, 0.717) is 111 Å². The van der Waals surface area contributed by atoms with Gasteiger partial charge in [-0.1, -0.05) is 0 Å². The molecule has 228 valence electrons. The number of aliphatic hydroxyl groups is 1. The quantitative estimate of drug-likeness (QED) is 0.149. The minimum atomic E-state index is -4.72. The first-order valence-corrected chi connectivity index (χ1v) is 12.7. The molecule has 0 atom stereocenters. The van der Waals surface area contributed by atoms with Crippen LogP contribution in [0.1, 0.15) is 0 Å². The number of hydrogen-bond donors (Lipinski definition) is 1. The lowest BCUT2D eigenvalue weighted by Crippen LogP contribution is -2.17. The van der Waals surface area contributed by atoms with Crippen molar-refractivity contribution in [3.05, 3.63) is 24.3 Å². The number of aliphatic hydroxyl groups excluding tert-OH is 1. The maximum Gasteiger partial charge on any atom is 0.573 e. The number of hydrogen-bond acceptors (Lipinski definition) is 11. The Morgan fingerprint density at radius 3 is 1.03 bits per heavy atom. The lowest BCUT2D eigenvalue weighted by atomic mass is 10.3. The Balaban J connectivity index is 1.72. The van der Waals surface area contributed by atoms with Gasteiger partial charge in [-0.25, -0.2) is 0 Å². The summed E-state index contributed by atoms with van der Waals surface area (Å²) in [4.78, 5) is 0. The highest BCUT2D eigenvalue weighted by atomic mass is 19.4. The number of benzene rings is 1. The second kappa shape index (κ2) is 25.2. The highest BCUT2D eigenvalue weighted by Gasteiger charge is 2.30. The zero-order valence-corrected chi connectivity index (χ0v) is 22.2. The molecule has 0 aliphatic heterocycles. The van der Waals surface area contributed by atoms with Gasteiger partial charge in [0, 0.05) is 0 Å². The minimum absolute atomic E-state index is 0.0116. The molecule has 0 saturated carbocycles. The molecule has 0 spiro atoms. The molecule has 1 aromatic carbocycles. The molecular formula is C25H41F3O11. The van der Waals surface area contributed by atoms with Crippen LogP contribution in [0.15, 0.2) is 24.3 Å². The fourth-order valence-corrected chi connectivity index (χ4v) is 2.66. The Morgan fingerprint density at radius 2 is 0.718 bits per heavy atom. The van der Waals surface area contributed by atoms with E-state index >= 15 is 0 Å². The molecule has 0 unspecified atom stereocenters. The van der Waals surface area contributed by atoms with Crippen molar-refractivity contribution in [2.75, 3.05) is 119 Å². The van der Waals surface area contributed by atoms with E-state index in [0.717, 1.165) is 0 Å². The van der Waals surface area contributed by atoms with Crippen molar-refractivity contribution in [1.82, 2.24) is 0 Å². The third kappa shape index (κ3) is 25.0. The summed E-state index contributed by atoms with van der Waals surface area (Å²) in [5.74, 6) is 0.111. The van der Waals surface area contributed by atoms with E-state index in [2.05, 4.69) is 4.74 Å². The van der Waals surface area contributed by atoms with Crippen LogP contribution >= 0.6 is 0 Å². The molecule has 0 aromatic heterocycles. The SMILES string of the molecule is OCCOCCOCCOCCOCCOCCOCCOCCOCCOc1ccc(OC(F)(F)F)cc1. The molecule has 0 bridgehead atoms. The average Bonchev–Trinajstić information content (AvgIpc) is 2.90. The Morgan fingerprint density at radius 1 is 0.436 bits per heavy atom. The van der Waals surface area contributed by atoms with Crippen molar-refractivity contribution in [3.8, 4) is 11.5 Å². The van der Waals surface area contributed by atoms with E-state index in [1.807, 2.05) is 0 Å². The Hall–Kier alpha value is -1.75. The lowest BCUT2D eigenvalue weighted by molar-refractivity contribution is -0.274. The molecule has 0 aliphatic carbocycles. The van der Waals surface area contributed by atoms with Crippen molar-refractivity contribution in [2.24, 2.45) is 0 Å². The topological polar surface area (TPSA) is 113 Å². The van der Waals surface area contributed by atoms with Gasteiger partial charge in [0.25, 0.3) is 0 Å². The van der Waals surface area contributed by atoms with Crippen LogP contribution in [0.25, 0.3) is 0 Å². The number of rotatable bonds is 28. The molecule has 0 saturated heterocycles. The van der Waals surface area contributed by atoms with Gasteiger partial charge in [0.2, 0.25) is 0 Å². The molecule has 11 nitrogen and oxygen atoms in total. The summed E-state index contributed by atoms with van der Waals surface area (Å²) in [5, 5.41) is 8.55. The Bertz CT molecular complexity index is 651. The molecule has 0 radical (unpaired) electrons. The maximum absolute atomic E-state index is 12.1. The highest BCUT2D eigenvalue weighted by Crippen LogP contribution is 2.24. The second-order valence-corrected chi connectivity index (χ2v) is 7.49. The van der Waals surface area contributed by atoms with Crippen molar-refractivity contribution in [2.45, 2.75) is 6.36 Å². The number of halogens is 3. The molecule has 1 N–H and O–H groups in total. The van der Waals surface area contributed by atoms with Gasteiger partial charge >= 0.3 is 6.36 Å². The van der Waals surface area contributed by atoms with Gasteiger partial charge < -0.3 is 52.5 Å². The largest absolute Gasteiger partial charge is 0.573 e. The van der Waals surface area contributed by atoms with Gasteiger partial charge in [-0.2, -0.15) is 0 Å². The van der Waals surface area contributed by atoms with Crippen LogP contribution in [0.2, 0.25) is 0 Å². The van der Waals surface area contributed by atoms with Gasteiger partial charge in [0.15, 0.2) is 0 Å². The highest BCUT2D eigenvalue weighted by molar-refractivity contribution is 5.31. The summed E-state index contributed by atoms with van der Waals surface area (Å²) in [6, 6.07) is 5.14. The summed E-state index contributed by atoms with van der Waals surface area (Å²) < 4.78 is 88.3. The molecule has 1 aromatic rings. The van der Waals surface area contributed by atoms with Crippen LogP contribution in [-0.4, -0.2) is 130 Å². The van der Waals surface area contributed by atoms with Crippen LogP contribution in [0.4, 0.5) is 13.2 Å². The average molecular weight is 575 g/mol. The molecule has 0 amide bonds. The molecule has 39 heavy (non-hydrogen) atoms. The van der Waals surface area contributed by atoms with Crippen LogP contribution in [-0.2, 0) is 37.9 Å². The van der Waals surface area contributed by atoms with Gasteiger partial charge in [-0.15, -0.1) is 13.2 Å². The van der Waals surface area contributed by atoms with Crippen molar-refractivity contribution >= 4 is 0 Å². The maximum atomic E-state index is 12.1. The fourth-order valence-electron chi connectivity index (χ4n) is 2.66. The van der Waals surface area contributed by atoms with Gasteiger partial charge in [-0.3, -0.25) is 0 Å². The second-order valence-electron chi connectivity index (χ2n) is 7.49. The van der Waals surface area contributed by atoms with E-state index in [4.69, 9.17) is 47.7 Å². The predicted molar refractivity (Wildman–Crippen MR) is 132 cm³/mol. The van der Waals surface area contributed by atoms with Gasteiger partial charge in [0.05, 0.1) is 112 Å². The van der Waals surface area contributed by atoms with Gasteiger partial charge in [-0.05, 0) is 24.3 Å². The third-order valence-corrected chi connectivity index (χ3v) is 4.39. The van der Waals surface area contributed by atoms with Crippen LogP contribution in [0.3, 0.4) is 0 Å².